The Balaban J connectivity index is 2.43. The van der Waals surface area contributed by atoms with Gasteiger partial charge in [-0.15, -0.1) is 11.6 Å². The first-order valence-electron chi connectivity index (χ1n) is 5.45. The largest absolute Gasteiger partial charge is 0.496 e. The number of methoxy groups -OCH3 is 1. The van der Waals surface area contributed by atoms with Crippen LogP contribution in [0.4, 0.5) is 4.39 Å². The van der Waals surface area contributed by atoms with Crippen LogP contribution in [0.2, 0.25) is 5.02 Å². The van der Waals surface area contributed by atoms with Crippen LogP contribution < -0.4 is 4.74 Å². The molecule has 100 valence electrons. The van der Waals surface area contributed by atoms with Crippen molar-refractivity contribution in [2.24, 2.45) is 0 Å². The van der Waals surface area contributed by atoms with E-state index in [2.05, 4.69) is 15.9 Å². The lowest BCUT2D eigenvalue weighted by Crippen LogP contribution is -1.98. The van der Waals surface area contributed by atoms with Gasteiger partial charge in [-0.1, -0.05) is 23.7 Å². The maximum Gasteiger partial charge on any atom is 0.137 e. The molecule has 0 amide bonds. The number of halogens is 4. The van der Waals surface area contributed by atoms with Crippen LogP contribution in [0.25, 0.3) is 0 Å². The van der Waals surface area contributed by atoms with E-state index in [1.807, 2.05) is 0 Å². The molecule has 0 spiro atoms. The minimum Gasteiger partial charge on any atom is -0.496 e. The molecule has 0 fully saturated rings. The van der Waals surface area contributed by atoms with Crippen molar-refractivity contribution in [1.29, 1.82) is 0 Å². The van der Waals surface area contributed by atoms with E-state index in [9.17, 15) is 4.39 Å². The topological polar surface area (TPSA) is 9.23 Å². The zero-order chi connectivity index (χ0) is 14.0. The second-order valence-electron chi connectivity index (χ2n) is 3.92. The summed E-state index contributed by atoms with van der Waals surface area (Å²) in [6.45, 7) is 0. The van der Waals surface area contributed by atoms with Gasteiger partial charge in [0.2, 0.25) is 0 Å². The minimum absolute atomic E-state index is 0.323. The molecule has 1 unspecified atom stereocenters. The average molecular weight is 364 g/mol. The van der Waals surface area contributed by atoms with Crippen molar-refractivity contribution in [2.45, 2.75) is 5.38 Å². The van der Waals surface area contributed by atoms with Crippen LogP contribution >= 0.6 is 39.1 Å². The molecular formula is C14H10BrCl2FO. The number of hydrogen-bond acceptors (Lipinski definition) is 1. The zero-order valence-corrected chi connectivity index (χ0v) is 13.1. The van der Waals surface area contributed by atoms with Crippen LogP contribution in [-0.2, 0) is 0 Å². The van der Waals surface area contributed by atoms with Crippen LogP contribution in [0.5, 0.6) is 5.75 Å². The second kappa shape index (κ2) is 6.12. The fourth-order valence-electron chi connectivity index (χ4n) is 1.74. The summed E-state index contributed by atoms with van der Waals surface area (Å²) in [6.07, 6.45) is 0. The Morgan fingerprint density at radius 3 is 2.58 bits per heavy atom. The lowest BCUT2D eigenvalue weighted by Gasteiger charge is -2.15. The molecule has 0 saturated carbocycles. The van der Waals surface area contributed by atoms with Gasteiger partial charge in [-0.2, -0.15) is 0 Å². The lowest BCUT2D eigenvalue weighted by molar-refractivity contribution is 0.410. The van der Waals surface area contributed by atoms with Crippen LogP contribution in [0.3, 0.4) is 0 Å². The van der Waals surface area contributed by atoms with E-state index in [4.69, 9.17) is 27.9 Å². The third-order valence-electron chi connectivity index (χ3n) is 2.70. The van der Waals surface area contributed by atoms with E-state index in [1.54, 1.807) is 37.4 Å². The number of alkyl halides is 1. The molecule has 0 aliphatic carbocycles. The Labute approximate surface area is 129 Å². The summed E-state index contributed by atoms with van der Waals surface area (Å²) in [5.74, 6) is 0.281. The quantitative estimate of drug-likeness (QED) is 0.647. The Kier molecular flexibility index (Phi) is 4.71. The summed E-state index contributed by atoms with van der Waals surface area (Å²) in [5.41, 5.74) is 1.56. The van der Waals surface area contributed by atoms with Gasteiger partial charge in [-0.3, -0.25) is 0 Å². The minimum atomic E-state index is -0.441. The number of hydrogen-bond donors (Lipinski definition) is 0. The fraction of sp³-hybridized carbons (Fsp3) is 0.143. The Hall–Kier alpha value is -0.770. The highest BCUT2D eigenvalue weighted by Gasteiger charge is 2.17. The van der Waals surface area contributed by atoms with Gasteiger partial charge in [-0.05, 0) is 45.8 Å². The first-order valence-corrected chi connectivity index (χ1v) is 7.06. The smallest absolute Gasteiger partial charge is 0.137 e. The van der Waals surface area contributed by atoms with Crippen molar-refractivity contribution in [3.8, 4) is 5.75 Å². The maximum absolute atomic E-state index is 13.2. The van der Waals surface area contributed by atoms with Gasteiger partial charge in [0.1, 0.15) is 11.6 Å². The van der Waals surface area contributed by atoms with Crippen molar-refractivity contribution < 1.29 is 9.13 Å². The molecule has 0 radical (unpaired) electrons. The normalized spacial score (nSPS) is 12.3. The standard InChI is InChI=1S/C14H10BrCl2FO/c1-19-13-7-9(16)3-4-10(13)14(17)8-2-5-12(18)11(15)6-8/h2-7,14H,1H3. The Morgan fingerprint density at radius 1 is 1.21 bits per heavy atom. The van der Waals surface area contributed by atoms with E-state index in [1.165, 1.54) is 6.07 Å². The molecule has 0 bridgehead atoms. The lowest BCUT2D eigenvalue weighted by atomic mass is 10.0. The maximum atomic E-state index is 13.2. The molecule has 0 N–H and O–H groups in total. The molecule has 0 aliphatic heterocycles. The fourth-order valence-corrected chi connectivity index (χ4v) is 2.62. The average Bonchev–Trinajstić information content (AvgIpc) is 2.41. The van der Waals surface area contributed by atoms with Gasteiger partial charge in [0, 0.05) is 10.6 Å². The first-order chi connectivity index (χ1) is 9.02. The molecule has 0 heterocycles. The van der Waals surface area contributed by atoms with Crippen molar-refractivity contribution in [2.75, 3.05) is 7.11 Å². The van der Waals surface area contributed by atoms with E-state index in [-0.39, 0.29) is 5.82 Å². The van der Waals surface area contributed by atoms with Crippen LogP contribution in [0.15, 0.2) is 40.9 Å². The summed E-state index contributed by atoms with van der Waals surface area (Å²) in [4.78, 5) is 0. The molecule has 0 aliphatic rings. The van der Waals surface area contributed by atoms with Gasteiger partial charge in [0.05, 0.1) is 17.0 Å². The van der Waals surface area contributed by atoms with Crippen molar-refractivity contribution in [3.63, 3.8) is 0 Å². The summed E-state index contributed by atoms with van der Waals surface area (Å²) in [7, 11) is 1.55. The molecular weight excluding hydrogens is 354 g/mol. The van der Waals surface area contributed by atoms with Gasteiger partial charge in [0.25, 0.3) is 0 Å². The first kappa shape index (κ1) is 14.6. The predicted molar refractivity (Wildman–Crippen MR) is 79.8 cm³/mol. The van der Waals surface area contributed by atoms with Crippen molar-refractivity contribution >= 4 is 39.1 Å². The molecule has 1 atom stereocenters. The zero-order valence-electron chi connectivity index (χ0n) is 9.96. The Morgan fingerprint density at radius 2 is 1.95 bits per heavy atom. The highest BCUT2D eigenvalue weighted by molar-refractivity contribution is 9.10. The van der Waals surface area contributed by atoms with Gasteiger partial charge in [-0.25, -0.2) is 4.39 Å². The van der Waals surface area contributed by atoms with Crippen molar-refractivity contribution in [1.82, 2.24) is 0 Å². The third kappa shape index (κ3) is 3.22. The molecule has 0 aromatic heterocycles. The van der Waals surface area contributed by atoms with Crippen LogP contribution in [-0.4, -0.2) is 7.11 Å². The van der Waals surface area contributed by atoms with E-state index >= 15 is 0 Å². The number of benzene rings is 2. The van der Waals surface area contributed by atoms with Crippen molar-refractivity contribution in [3.05, 3.63) is 62.8 Å². The third-order valence-corrected chi connectivity index (χ3v) is 4.03. The summed E-state index contributed by atoms with van der Waals surface area (Å²) in [6, 6.07) is 9.92. The predicted octanol–water partition coefficient (Wildman–Crippen LogP) is 5.58. The van der Waals surface area contributed by atoms with Gasteiger partial charge < -0.3 is 4.74 Å². The van der Waals surface area contributed by atoms with E-state index < -0.39 is 5.38 Å². The molecule has 0 saturated heterocycles. The summed E-state index contributed by atoms with van der Waals surface area (Å²) in [5, 5.41) is 0.133. The molecule has 2 rings (SSSR count). The summed E-state index contributed by atoms with van der Waals surface area (Å²) < 4.78 is 18.9. The molecule has 2 aromatic carbocycles. The van der Waals surface area contributed by atoms with Crippen LogP contribution in [0.1, 0.15) is 16.5 Å². The Bertz CT molecular complexity index is 604. The highest BCUT2D eigenvalue weighted by Crippen LogP contribution is 2.37. The highest BCUT2D eigenvalue weighted by atomic mass is 79.9. The second-order valence-corrected chi connectivity index (χ2v) is 5.65. The molecule has 2 aromatic rings. The molecule has 1 nitrogen and oxygen atoms in total. The summed E-state index contributed by atoms with van der Waals surface area (Å²) >= 11 is 15.5. The number of rotatable bonds is 3. The van der Waals surface area contributed by atoms with Gasteiger partial charge in [0.15, 0.2) is 0 Å². The number of ether oxygens (including phenoxy) is 1. The van der Waals surface area contributed by atoms with E-state index in [0.717, 1.165) is 11.1 Å². The molecule has 5 heteroatoms. The molecule has 19 heavy (non-hydrogen) atoms. The van der Waals surface area contributed by atoms with Crippen LogP contribution in [0, 0.1) is 5.82 Å². The SMILES string of the molecule is COc1cc(Cl)ccc1C(Cl)c1ccc(F)c(Br)c1. The van der Waals surface area contributed by atoms with E-state index in [0.29, 0.717) is 15.2 Å². The monoisotopic (exact) mass is 362 g/mol. The van der Waals surface area contributed by atoms with Gasteiger partial charge >= 0.3 is 0 Å².